The summed E-state index contributed by atoms with van der Waals surface area (Å²) in [5.74, 6) is -10.1. The Balaban J connectivity index is 3.40. The summed E-state index contributed by atoms with van der Waals surface area (Å²) in [7, 11) is 0. The van der Waals surface area contributed by atoms with Gasteiger partial charge in [0.05, 0.1) is 79.3 Å². The molecule has 1 rings (SSSR count). The van der Waals surface area contributed by atoms with Gasteiger partial charge in [0, 0.05) is 0 Å². The predicted octanol–water partition coefficient (Wildman–Crippen LogP) is -5.29. The lowest BCUT2D eigenvalue weighted by Crippen LogP contribution is -2.51. The van der Waals surface area contributed by atoms with Crippen molar-refractivity contribution < 1.29 is 147 Å². The van der Waals surface area contributed by atoms with E-state index in [1.54, 1.807) is 0 Å². The third-order valence-electron chi connectivity index (χ3n) is 12.9. The Morgan fingerprint density at radius 1 is 0.275 bits per heavy atom. The lowest BCUT2D eigenvalue weighted by Gasteiger charge is -2.34. The third-order valence-corrected chi connectivity index (χ3v) is 12.9. The molecule has 1 aromatic rings. The monoisotopic (exact) mass is 1160 g/mol. The van der Waals surface area contributed by atoms with Crippen LogP contribution in [-0.2, 0) is 76.3 Å². The van der Waals surface area contributed by atoms with Crippen LogP contribution in [0.3, 0.4) is 0 Å². The molecule has 0 fully saturated rings. The Labute approximate surface area is 459 Å². The van der Waals surface area contributed by atoms with E-state index in [1.165, 1.54) is 24.3 Å². The van der Waals surface area contributed by atoms with Gasteiger partial charge in [-0.25, -0.2) is 0 Å². The number of carbonyl (C=O) groups is 8. The average Bonchev–Trinajstić information content (AvgIpc) is 3.48. The molecule has 30 heteroatoms. The SMILES string of the molecule is CC(CO)(CO)C(=O)OCC(COC(=O)C(C)(CO)CO)(COC(=O)C(C)(CO)CO)C(=O)OCCOc1ccc(OCCOC(=O)C(COC(=O)C(C)(CO)CO)(COC(=O)C(C)(CO)CO)COC(=O)C(C)(CO)CO)cc1. The zero-order chi connectivity index (χ0) is 61.2. The van der Waals surface area contributed by atoms with Crippen LogP contribution in [0.5, 0.6) is 11.5 Å². The number of ether oxygens (including phenoxy) is 10. The summed E-state index contributed by atoms with van der Waals surface area (Å²) < 4.78 is 53.7. The molecule has 0 aliphatic heterocycles. The highest BCUT2D eigenvalue weighted by Gasteiger charge is 2.51. The number of rotatable bonds is 40. The Morgan fingerprint density at radius 2 is 0.438 bits per heavy atom. The lowest BCUT2D eigenvalue weighted by atomic mass is 9.88. The summed E-state index contributed by atoms with van der Waals surface area (Å²) >= 11 is 0. The molecule has 0 heterocycles. The summed E-state index contributed by atoms with van der Waals surface area (Å²) in [4.78, 5) is 106. The highest BCUT2D eigenvalue weighted by atomic mass is 16.6. The Kier molecular flexibility index (Phi) is 29.3. The molecule has 0 saturated heterocycles. The van der Waals surface area contributed by atoms with E-state index in [-0.39, 0.29) is 11.5 Å². The molecular weight excluding hydrogens is 1080 g/mol. The second-order valence-corrected chi connectivity index (χ2v) is 20.7. The molecule has 0 unspecified atom stereocenters. The Morgan fingerprint density at radius 3 is 0.588 bits per heavy atom. The fraction of sp³-hybridized carbons (Fsp3) is 0.720. The smallest absolute Gasteiger partial charge is 0.322 e. The zero-order valence-electron chi connectivity index (χ0n) is 45.6. The molecule has 0 bridgehead atoms. The average molecular weight is 1160 g/mol. The summed E-state index contributed by atoms with van der Waals surface area (Å²) in [6, 6.07) is 5.49. The quantitative estimate of drug-likeness (QED) is 0.0166. The molecule has 0 aliphatic rings. The van der Waals surface area contributed by atoms with Crippen LogP contribution in [0.2, 0.25) is 0 Å². The second-order valence-electron chi connectivity index (χ2n) is 20.7. The number of esters is 8. The molecule has 0 atom stereocenters. The molecule has 80 heavy (non-hydrogen) atoms. The van der Waals surface area contributed by atoms with Gasteiger partial charge < -0.3 is 109 Å². The van der Waals surface area contributed by atoms with Crippen molar-refractivity contribution in [2.24, 2.45) is 43.3 Å². The van der Waals surface area contributed by atoms with Gasteiger partial charge in [0.2, 0.25) is 0 Å². The van der Waals surface area contributed by atoms with Crippen molar-refractivity contribution in [2.75, 3.05) is 145 Å². The van der Waals surface area contributed by atoms with E-state index in [1.807, 2.05) is 0 Å². The van der Waals surface area contributed by atoms with Gasteiger partial charge in [-0.1, -0.05) is 0 Å². The molecular formula is C50H78O30. The molecule has 30 nitrogen and oxygen atoms in total. The maximum Gasteiger partial charge on any atom is 0.322 e. The number of benzene rings is 1. The van der Waals surface area contributed by atoms with Crippen LogP contribution in [0.4, 0.5) is 0 Å². The van der Waals surface area contributed by atoms with E-state index in [0.29, 0.717) is 0 Å². The van der Waals surface area contributed by atoms with Crippen molar-refractivity contribution >= 4 is 47.8 Å². The van der Waals surface area contributed by atoms with E-state index in [2.05, 4.69) is 0 Å². The van der Waals surface area contributed by atoms with Gasteiger partial charge in [-0.2, -0.15) is 0 Å². The van der Waals surface area contributed by atoms with Crippen LogP contribution in [-0.4, -0.2) is 254 Å². The van der Waals surface area contributed by atoms with E-state index in [0.717, 1.165) is 41.5 Å². The summed E-state index contributed by atoms with van der Waals surface area (Å²) in [5, 5.41) is 117. The van der Waals surface area contributed by atoms with Crippen molar-refractivity contribution in [1.82, 2.24) is 0 Å². The van der Waals surface area contributed by atoms with E-state index >= 15 is 0 Å². The van der Waals surface area contributed by atoms with Crippen LogP contribution in [0.15, 0.2) is 24.3 Å². The number of aliphatic hydroxyl groups excluding tert-OH is 12. The summed E-state index contributed by atoms with van der Waals surface area (Å²) in [6.45, 7) is -13.3. The first-order valence-corrected chi connectivity index (χ1v) is 24.5. The number of hydrogen-bond donors (Lipinski definition) is 12. The molecule has 0 aliphatic carbocycles. The minimum absolute atomic E-state index is 0.133. The van der Waals surface area contributed by atoms with Crippen LogP contribution < -0.4 is 9.47 Å². The zero-order valence-corrected chi connectivity index (χ0v) is 45.6. The first-order valence-electron chi connectivity index (χ1n) is 24.5. The van der Waals surface area contributed by atoms with Gasteiger partial charge in [0.1, 0.15) is 110 Å². The van der Waals surface area contributed by atoms with Crippen molar-refractivity contribution in [2.45, 2.75) is 41.5 Å². The Bertz CT molecular complexity index is 1820. The van der Waals surface area contributed by atoms with Gasteiger partial charge >= 0.3 is 47.8 Å². The van der Waals surface area contributed by atoms with Crippen molar-refractivity contribution in [3.63, 3.8) is 0 Å². The lowest BCUT2D eigenvalue weighted by molar-refractivity contribution is -0.192. The van der Waals surface area contributed by atoms with Gasteiger partial charge in [-0.3, -0.25) is 38.4 Å². The van der Waals surface area contributed by atoms with Crippen molar-refractivity contribution in [3.05, 3.63) is 24.3 Å². The summed E-state index contributed by atoms with van der Waals surface area (Å²) in [5.41, 5.74) is -16.5. The number of aliphatic hydroxyl groups is 12. The van der Waals surface area contributed by atoms with Crippen molar-refractivity contribution in [3.8, 4) is 11.5 Å². The first kappa shape index (κ1) is 72.1. The molecule has 0 amide bonds. The second kappa shape index (κ2) is 32.5. The maximum absolute atomic E-state index is 14.0. The molecule has 458 valence electrons. The van der Waals surface area contributed by atoms with Crippen LogP contribution in [0.1, 0.15) is 41.5 Å². The van der Waals surface area contributed by atoms with Crippen LogP contribution in [0, 0.1) is 43.3 Å². The van der Waals surface area contributed by atoms with Crippen LogP contribution in [0.25, 0.3) is 0 Å². The highest BCUT2D eigenvalue weighted by molar-refractivity contribution is 5.84. The van der Waals surface area contributed by atoms with E-state index in [4.69, 9.17) is 47.4 Å². The maximum atomic E-state index is 14.0. The van der Waals surface area contributed by atoms with Crippen LogP contribution >= 0.6 is 0 Å². The van der Waals surface area contributed by atoms with Gasteiger partial charge in [-0.15, -0.1) is 0 Å². The minimum Gasteiger partial charge on any atom is -0.490 e. The number of hydrogen-bond acceptors (Lipinski definition) is 30. The normalized spacial score (nSPS) is 12.6. The van der Waals surface area contributed by atoms with Gasteiger partial charge in [0.15, 0.2) is 10.8 Å². The topological polar surface area (TPSA) is 472 Å². The number of carbonyl (C=O) groups excluding carboxylic acids is 8. The fourth-order valence-corrected chi connectivity index (χ4v) is 5.47. The molecule has 12 N–H and O–H groups in total. The predicted molar refractivity (Wildman–Crippen MR) is 264 cm³/mol. The molecule has 0 radical (unpaired) electrons. The molecule has 0 aromatic heterocycles. The fourth-order valence-electron chi connectivity index (χ4n) is 5.47. The summed E-state index contributed by atoms with van der Waals surface area (Å²) in [6.07, 6.45) is 0. The molecule has 1 aromatic carbocycles. The van der Waals surface area contributed by atoms with Gasteiger partial charge in [0.25, 0.3) is 0 Å². The molecule has 0 spiro atoms. The van der Waals surface area contributed by atoms with E-state index in [9.17, 15) is 99.6 Å². The third kappa shape index (κ3) is 19.1. The van der Waals surface area contributed by atoms with Gasteiger partial charge in [-0.05, 0) is 65.8 Å². The van der Waals surface area contributed by atoms with E-state index < -0.39 is 236 Å². The first-order chi connectivity index (χ1) is 37.5. The highest BCUT2D eigenvalue weighted by Crippen LogP contribution is 2.31. The Hall–Kier alpha value is -5.90. The molecule has 0 saturated carbocycles. The van der Waals surface area contributed by atoms with Crippen molar-refractivity contribution in [1.29, 1.82) is 0 Å². The minimum atomic E-state index is -2.47. The standard InChI is InChI=1S/C50H78O30/c1-43(15-51,16-52)35(63)75-27-49(28-76-36(64)44(2,17-53)18-54,29-77-37(65)45(3,19-55)20-56)41(69)73-13-11-71-33-7-9-34(10-8-33)72-12-14-74-42(70)50(30-78-38(66)46(4,21-57)22-58,31-79-39(67)47(5,23-59)24-60)32-80-40(68)48(6,25-61)26-62/h7-10,51-62H,11-32H2,1-6H3. The largest absolute Gasteiger partial charge is 0.490 e.